The van der Waals surface area contributed by atoms with Crippen molar-refractivity contribution in [1.82, 2.24) is 24.6 Å². The second-order valence-electron chi connectivity index (χ2n) is 8.34. The maximum atomic E-state index is 6.21. The van der Waals surface area contributed by atoms with Gasteiger partial charge in [0.05, 0.1) is 16.9 Å². The van der Waals surface area contributed by atoms with Crippen molar-refractivity contribution in [2.75, 3.05) is 31.2 Å². The summed E-state index contributed by atoms with van der Waals surface area (Å²) >= 11 is 6.21. The van der Waals surface area contributed by atoms with Crippen LogP contribution in [0.1, 0.15) is 38.8 Å². The van der Waals surface area contributed by atoms with Gasteiger partial charge < -0.3 is 9.64 Å². The summed E-state index contributed by atoms with van der Waals surface area (Å²) in [4.78, 5) is 11.2. The van der Waals surface area contributed by atoms with E-state index >= 15 is 0 Å². The van der Waals surface area contributed by atoms with Gasteiger partial charge in [-0.2, -0.15) is 10.1 Å². The molecule has 2 aliphatic heterocycles. The minimum Gasteiger partial charge on any atom is -0.381 e. The molecule has 5 heterocycles. The first kappa shape index (κ1) is 17.8. The molecule has 0 radical (unpaired) electrons. The molecular weight excluding hydrogens is 376 g/mol. The highest BCUT2D eigenvalue weighted by atomic mass is 35.5. The highest BCUT2D eigenvalue weighted by Crippen LogP contribution is 2.40. The first-order chi connectivity index (χ1) is 13.4. The Hall–Kier alpha value is -2.30. The Morgan fingerprint density at radius 1 is 1.29 bits per heavy atom. The zero-order valence-corrected chi connectivity index (χ0v) is 16.9. The summed E-state index contributed by atoms with van der Waals surface area (Å²) in [6.45, 7) is 7.44. The molecule has 28 heavy (non-hydrogen) atoms. The van der Waals surface area contributed by atoms with Crippen molar-refractivity contribution >= 4 is 34.2 Å². The van der Waals surface area contributed by atoms with Crippen LogP contribution >= 0.6 is 11.6 Å². The van der Waals surface area contributed by atoms with Gasteiger partial charge in [-0.25, -0.2) is 4.98 Å². The molecular formula is C20H23ClN6O. The molecule has 0 amide bonds. The lowest BCUT2D eigenvalue weighted by Crippen LogP contribution is -2.41. The van der Waals surface area contributed by atoms with Crippen LogP contribution in [0.15, 0.2) is 12.4 Å². The molecule has 3 aromatic rings. The molecule has 1 N–H and O–H groups in total. The summed E-state index contributed by atoms with van der Waals surface area (Å²) in [7, 11) is 0. The number of aromatic amines is 1. The number of nitrogens with one attached hydrogen (secondary N) is 1. The van der Waals surface area contributed by atoms with E-state index in [-0.39, 0.29) is 0 Å². The van der Waals surface area contributed by atoms with Crippen LogP contribution in [-0.4, -0.2) is 55.7 Å². The quantitative estimate of drug-likeness (QED) is 0.504. The molecule has 2 fully saturated rings. The highest BCUT2D eigenvalue weighted by Gasteiger charge is 2.38. The maximum absolute atomic E-state index is 6.21. The van der Waals surface area contributed by atoms with E-state index in [0.717, 1.165) is 56.1 Å². The molecule has 3 aromatic heterocycles. The number of piperidine rings is 1. The molecule has 0 bridgehead atoms. The van der Waals surface area contributed by atoms with Gasteiger partial charge in [0.25, 0.3) is 0 Å². The summed E-state index contributed by atoms with van der Waals surface area (Å²) < 4.78 is 7.70. The second kappa shape index (κ2) is 6.36. The Bertz CT molecular complexity index is 1080. The lowest BCUT2D eigenvalue weighted by atomic mass is 9.78. The van der Waals surface area contributed by atoms with Gasteiger partial charge in [0.1, 0.15) is 5.69 Å². The topological polar surface area (TPSA) is 71.3 Å². The SMILES string of the molecule is CC(C)(Cl)C#Cc1n[nH]c2nc(N3CCC4(CCOC4)CC3)n3ccnc3c12. The molecule has 0 aromatic carbocycles. The third-order valence-electron chi connectivity index (χ3n) is 5.81. The first-order valence-electron chi connectivity index (χ1n) is 9.70. The number of ether oxygens (including phenoxy) is 1. The average molecular weight is 399 g/mol. The van der Waals surface area contributed by atoms with E-state index < -0.39 is 4.87 Å². The molecule has 2 saturated heterocycles. The normalized spacial score (nSPS) is 19.5. The number of halogens is 1. The predicted molar refractivity (Wildman–Crippen MR) is 109 cm³/mol. The second-order valence-corrected chi connectivity index (χ2v) is 9.29. The summed E-state index contributed by atoms with van der Waals surface area (Å²) in [6.07, 6.45) is 7.19. The molecule has 8 heteroatoms. The number of rotatable bonds is 1. The largest absolute Gasteiger partial charge is 0.381 e. The molecule has 0 saturated carbocycles. The number of hydrogen-bond acceptors (Lipinski definition) is 5. The summed E-state index contributed by atoms with van der Waals surface area (Å²) in [5.74, 6) is 7.00. The van der Waals surface area contributed by atoms with Crippen molar-refractivity contribution in [3.63, 3.8) is 0 Å². The Morgan fingerprint density at radius 3 is 2.82 bits per heavy atom. The monoisotopic (exact) mass is 398 g/mol. The van der Waals surface area contributed by atoms with Crippen LogP contribution in [0.25, 0.3) is 16.7 Å². The lowest BCUT2D eigenvalue weighted by Gasteiger charge is -2.38. The Labute approximate surface area is 168 Å². The zero-order chi connectivity index (χ0) is 19.4. The third kappa shape index (κ3) is 3.01. The van der Waals surface area contributed by atoms with Crippen LogP contribution in [0.4, 0.5) is 5.95 Å². The van der Waals surface area contributed by atoms with E-state index in [0.29, 0.717) is 16.8 Å². The van der Waals surface area contributed by atoms with E-state index in [4.69, 9.17) is 21.3 Å². The van der Waals surface area contributed by atoms with Crippen LogP contribution < -0.4 is 4.90 Å². The fraction of sp³-hybridized carbons (Fsp3) is 0.550. The van der Waals surface area contributed by atoms with Gasteiger partial charge in [0.15, 0.2) is 11.3 Å². The van der Waals surface area contributed by atoms with E-state index in [1.807, 2.05) is 24.4 Å². The van der Waals surface area contributed by atoms with Crippen molar-refractivity contribution in [3.05, 3.63) is 18.1 Å². The number of imidazole rings is 1. The van der Waals surface area contributed by atoms with Crippen molar-refractivity contribution in [1.29, 1.82) is 0 Å². The number of aromatic nitrogens is 5. The maximum Gasteiger partial charge on any atom is 0.213 e. The fourth-order valence-electron chi connectivity index (χ4n) is 4.18. The van der Waals surface area contributed by atoms with Gasteiger partial charge in [-0.05, 0) is 44.4 Å². The van der Waals surface area contributed by atoms with Crippen molar-refractivity contribution in [2.24, 2.45) is 5.41 Å². The standard InChI is InChI=1S/C20H23ClN6O/c1-19(2,21)4-3-14-15-16(25-24-14)23-18(27-11-8-22-17(15)27)26-9-5-20(6-10-26)7-12-28-13-20/h8,11H,5-7,9-10,12-13H2,1-2H3,(H,24,25). The minimum atomic E-state index is -0.613. The van der Waals surface area contributed by atoms with Gasteiger partial charge in [-0.15, -0.1) is 11.6 Å². The van der Waals surface area contributed by atoms with Crippen LogP contribution in [0.2, 0.25) is 0 Å². The lowest BCUT2D eigenvalue weighted by molar-refractivity contribution is 0.133. The minimum absolute atomic E-state index is 0.361. The van der Waals surface area contributed by atoms with Crippen LogP contribution in [0.3, 0.4) is 0 Å². The Balaban J connectivity index is 1.54. The molecule has 0 atom stereocenters. The van der Waals surface area contributed by atoms with Crippen LogP contribution in [-0.2, 0) is 4.74 Å². The smallest absolute Gasteiger partial charge is 0.213 e. The number of hydrogen-bond donors (Lipinski definition) is 1. The number of nitrogens with zero attached hydrogens (tertiary/aromatic N) is 5. The van der Waals surface area contributed by atoms with Gasteiger partial charge in [-0.3, -0.25) is 9.50 Å². The van der Waals surface area contributed by atoms with E-state index in [9.17, 15) is 0 Å². The van der Waals surface area contributed by atoms with Crippen molar-refractivity contribution < 1.29 is 4.74 Å². The van der Waals surface area contributed by atoms with Crippen LogP contribution in [0.5, 0.6) is 0 Å². The Morgan fingerprint density at radius 2 is 2.11 bits per heavy atom. The highest BCUT2D eigenvalue weighted by molar-refractivity contribution is 6.25. The summed E-state index contributed by atoms with van der Waals surface area (Å²) in [6, 6.07) is 0. The predicted octanol–water partition coefficient (Wildman–Crippen LogP) is 2.98. The molecule has 146 valence electrons. The van der Waals surface area contributed by atoms with Gasteiger partial charge in [-0.1, -0.05) is 5.92 Å². The Kier molecular flexibility index (Phi) is 4.04. The van der Waals surface area contributed by atoms with Gasteiger partial charge in [0, 0.05) is 32.1 Å². The van der Waals surface area contributed by atoms with Crippen molar-refractivity contribution in [3.8, 4) is 11.8 Å². The van der Waals surface area contributed by atoms with Gasteiger partial charge in [0.2, 0.25) is 5.95 Å². The zero-order valence-electron chi connectivity index (χ0n) is 16.1. The summed E-state index contributed by atoms with van der Waals surface area (Å²) in [5.41, 5.74) is 2.50. The first-order valence-corrected chi connectivity index (χ1v) is 10.1. The van der Waals surface area contributed by atoms with E-state index in [2.05, 4.69) is 31.9 Å². The molecule has 2 aliphatic rings. The third-order valence-corrected chi connectivity index (χ3v) is 5.90. The van der Waals surface area contributed by atoms with Crippen LogP contribution in [0, 0.1) is 17.3 Å². The molecule has 5 rings (SSSR count). The summed E-state index contributed by atoms with van der Waals surface area (Å²) in [5, 5.41) is 8.23. The number of alkyl halides is 1. The number of H-pyrrole nitrogens is 1. The average Bonchev–Trinajstić information content (AvgIpc) is 3.39. The van der Waals surface area contributed by atoms with E-state index in [1.54, 1.807) is 6.20 Å². The molecule has 7 nitrogen and oxygen atoms in total. The van der Waals surface area contributed by atoms with Crippen molar-refractivity contribution in [2.45, 2.75) is 38.0 Å². The molecule has 0 unspecified atom stereocenters. The molecule has 1 spiro atoms. The number of fused-ring (bicyclic) bond motifs is 3. The van der Waals surface area contributed by atoms with E-state index in [1.165, 1.54) is 6.42 Å². The fourth-order valence-corrected chi connectivity index (χ4v) is 4.22. The van der Waals surface area contributed by atoms with Gasteiger partial charge >= 0.3 is 0 Å². The molecule has 0 aliphatic carbocycles. The number of anilines is 1.